The fourth-order valence-electron chi connectivity index (χ4n) is 2.13. The van der Waals surface area contributed by atoms with Crippen LogP contribution in [0.5, 0.6) is 0 Å². The number of piperidine rings is 1. The second-order valence-electron chi connectivity index (χ2n) is 4.17. The molecule has 1 aliphatic heterocycles. The van der Waals surface area contributed by atoms with Gasteiger partial charge in [-0.25, -0.2) is 0 Å². The fraction of sp³-hybridized carbons (Fsp3) is 0.500. The first kappa shape index (κ1) is 10.3. The Morgan fingerprint density at radius 3 is 2.53 bits per heavy atom. The third-order valence-electron chi connectivity index (χ3n) is 3.15. The van der Waals surface area contributed by atoms with Crippen LogP contribution in [-0.4, -0.2) is 24.8 Å². The van der Waals surface area contributed by atoms with Gasteiger partial charge < -0.3 is 15.7 Å². The van der Waals surface area contributed by atoms with Crippen LogP contribution in [0.3, 0.4) is 0 Å². The van der Waals surface area contributed by atoms with E-state index in [1.54, 1.807) is 0 Å². The third kappa shape index (κ3) is 2.23. The largest absolute Gasteiger partial charge is 0.397 e. The number of anilines is 2. The summed E-state index contributed by atoms with van der Waals surface area (Å²) in [7, 11) is 0. The van der Waals surface area contributed by atoms with Gasteiger partial charge in [0, 0.05) is 19.7 Å². The molecule has 0 unspecified atom stereocenters. The van der Waals surface area contributed by atoms with E-state index in [0.717, 1.165) is 37.3 Å². The smallest absolute Gasteiger partial charge is 0.0599 e. The highest BCUT2D eigenvalue weighted by molar-refractivity contribution is 5.67. The average Bonchev–Trinajstić information content (AvgIpc) is 2.30. The van der Waals surface area contributed by atoms with Crippen molar-refractivity contribution in [3.05, 3.63) is 24.3 Å². The summed E-state index contributed by atoms with van der Waals surface area (Å²) >= 11 is 0. The molecule has 0 bridgehead atoms. The van der Waals surface area contributed by atoms with Crippen LogP contribution >= 0.6 is 0 Å². The van der Waals surface area contributed by atoms with Gasteiger partial charge >= 0.3 is 0 Å². The number of nitrogen functional groups attached to an aromatic ring is 1. The van der Waals surface area contributed by atoms with Gasteiger partial charge in [0.25, 0.3) is 0 Å². The lowest BCUT2D eigenvalue weighted by Crippen LogP contribution is -2.35. The SMILES string of the molecule is Nc1ccccc1N1CCC(CO)CC1. The van der Waals surface area contributed by atoms with Gasteiger partial charge in [-0.15, -0.1) is 0 Å². The lowest BCUT2D eigenvalue weighted by atomic mass is 9.97. The van der Waals surface area contributed by atoms with Gasteiger partial charge in [-0.05, 0) is 30.9 Å². The molecule has 0 spiro atoms. The van der Waals surface area contributed by atoms with E-state index >= 15 is 0 Å². The van der Waals surface area contributed by atoms with Crippen molar-refractivity contribution >= 4 is 11.4 Å². The van der Waals surface area contributed by atoms with E-state index < -0.39 is 0 Å². The van der Waals surface area contributed by atoms with E-state index in [0.29, 0.717) is 12.5 Å². The molecule has 3 N–H and O–H groups in total. The molecule has 1 saturated heterocycles. The molecule has 1 aromatic rings. The van der Waals surface area contributed by atoms with Gasteiger partial charge in [-0.2, -0.15) is 0 Å². The van der Waals surface area contributed by atoms with Crippen LogP contribution in [0.4, 0.5) is 11.4 Å². The second kappa shape index (κ2) is 4.53. The zero-order valence-electron chi connectivity index (χ0n) is 8.89. The lowest BCUT2D eigenvalue weighted by Gasteiger charge is -2.33. The van der Waals surface area contributed by atoms with Gasteiger partial charge in [0.05, 0.1) is 11.4 Å². The summed E-state index contributed by atoms with van der Waals surface area (Å²) in [4.78, 5) is 2.31. The summed E-state index contributed by atoms with van der Waals surface area (Å²) < 4.78 is 0. The Bertz CT molecular complexity index is 319. The highest BCUT2D eigenvalue weighted by Gasteiger charge is 2.19. The first-order valence-electron chi connectivity index (χ1n) is 5.51. The van der Waals surface area contributed by atoms with Crippen molar-refractivity contribution in [2.75, 3.05) is 30.3 Å². The van der Waals surface area contributed by atoms with Crippen LogP contribution in [0.2, 0.25) is 0 Å². The summed E-state index contributed by atoms with van der Waals surface area (Å²) in [6.07, 6.45) is 2.12. The maximum absolute atomic E-state index is 9.06. The first-order chi connectivity index (χ1) is 7.31. The van der Waals surface area contributed by atoms with E-state index in [1.165, 1.54) is 0 Å². The van der Waals surface area contributed by atoms with Gasteiger partial charge in [0.1, 0.15) is 0 Å². The van der Waals surface area contributed by atoms with Crippen LogP contribution in [-0.2, 0) is 0 Å². The van der Waals surface area contributed by atoms with E-state index in [9.17, 15) is 0 Å². The molecule has 2 rings (SSSR count). The predicted molar refractivity (Wildman–Crippen MR) is 62.9 cm³/mol. The molecular weight excluding hydrogens is 188 g/mol. The number of hydrogen-bond donors (Lipinski definition) is 2. The summed E-state index contributed by atoms with van der Waals surface area (Å²) in [6.45, 7) is 2.32. The molecule has 0 atom stereocenters. The Kier molecular flexibility index (Phi) is 3.11. The van der Waals surface area contributed by atoms with Gasteiger partial charge in [-0.1, -0.05) is 12.1 Å². The van der Waals surface area contributed by atoms with Crippen molar-refractivity contribution in [2.24, 2.45) is 5.92 Å². The maximum Gasteiger partial charge on any atom is 0.0599 e. The number of hydrogen-bond acceptors (Lipinski definition) is 3. The summed E-state index contributed by atoms with van der Waals surface area (Å²) in [5, 5.41) is 9.06. The summed E-state index contributed by atoms with van der Waals surface area (Å²) in [5.74, 6) is 0.478. The Balaban J connectivity index is 2.04. The van der Waals surface area contributed by atoms with Crippen molar-refractivity contribution in [3.8, 4) is 0 Å². The first-order valence-corrected chi connectivity index (χ1v) is 5.51. The molecule has 0 radical (unpaired) electrons. The number of nitrogens with two attached hydrogens (primary N) is 1. The topological polar surface area (TPSA) is 49.5 Å². The Morgan fingerprint density at radius 1 is 1.27 bits per heavy atom. The molecule has 15 heavy (non-hydrogen) atoms. The minimum Gasteiger partial charge on any atom is -0.397 e. The lowest BCUT2D eigenvalue weighted by molar-refractivity contribution is 0.203. The van der Waals surface area contributed by atoms with Crippen LogP contribution < -0.4 is 10.6 Å². The molecule has 1 aromatic carbocycles. The second-order valence-corrected chi connectivity index (χ2v) is 4.17. The number of benzene rings is 1. The van der Waals surface area contributed by atoms with E-state index in [1.807, 2.05) is 18.2 Å². The highest BCUT2D eigenvalue weighted by Crippen LogP contribution is 2.27. The van der Waals surface area contributed by atoms with Crippen LogP contribution in [0.25, 0.3) is 0 Å². The van der Waals surface area contributed by atoms with Crippen LogP contribution in [0, 0.1) is 5.92 Å². The quantitative estimate of drug-likeness (QED) is 0.721. The van der Waals surface area contributed by atoms with Gasteiger partial charge in [0.2, 0.25) is 0 Å². The standard InChI is InChI=1S/C12H18N2O/c13-11-3-1-2-4-12(11)14-7-5-10(9-15)6-8-14/h1-4,10,15H,5-9,13H2. The molecule has 3 nitrogen and oxygen atoms in total. The van der Waals surface area contributed by atoms with Gasteiger partial charge in [0.15, 0.2) is 0 Å². The van der Waals surface area contributed by atoms with Crippen molar-refractivity contribution in [1.29, 1.82) is 0 Å². The number of para-hydroxylation sites is 2. The minimum atomic E-state index is 0.318. The Morgan fingerprint density at radius 2 is 1.93 bits per heavy atom. The van der Waals surface area contributed by atoms with Crippen molar-refractivity contribution in [3.63, 3.8) is 0 Å². The highest BCUT2D eigenvalue weighted by atomic mass is 16.3. The van der Waals surface area contributed by atoms with Crippen molar-refractivity contribution in [1.82, 2.24) is 0 Å². The normalized spacial score (nSPS) is 18.1. The zero-order valence-corrected chi connectivity index (χ0v) is 8.89. The number of rotatable bonds is 2. The number of aliphatic hydroxyl groups is 1. The molecule has 1 fully saturated rings. The van der Waals surface area contributed by atoms with E-state index in [-0.39, 0.29) is 0 Å². The molecule has 0 saturated carbocycles. The summed E-state index contributed by atoms with van der Waals surface area (Å²) in [6, 6.07) is 7.98. The van der Waals surface area contributed by atoms with Crippen molar-refractivity contribution in [2.45, 2.75) is 12.8 Å². The van der Waals surface area contributed by atoms with E-state index in [4.69, 9.17) is 10.8 Å². The minimum absolute atomic E-state index is 0.318. The van der Waals surface area contributed by atoms with Crippen molar-refractivity contribution < 1.29 is 5.11 Å². The zero-order chi connectivity index (χ0) is 10.7. The predicted octanol–water partition coefficient (Wildman–Crippen LogP) is 1.48. The van der Waals surface area contributed by atoms with Crippen LogP contribution in [0.15, 0.2) is 24.3 Å². The maximum atomic E-state index is 9.06. The molecule has 1 aliphatic rings. The molecule has 0 aromatic heterocycles. The third-order valence-corrected chi connectivity index (χ3v) is 3.15. The van der Waals surface area contributed by atoms with Gasteiger partial charge in [-0.3, -0.25) is 0 Å². The summed E-state index contributed by atoms with van der Waals surface area (Å²) in [5.41, 5.74) is 7.91. The molecule has 0 amide bonds. The fourth-order valence-corrected chi connectivity index (χ4v) is 2.13. The molecule has 0 aliphatic carbocycles. The Hall–Kier alpha value is -1.22. The molecule has 1 heterocycles. The van der Waals surface area contributed by atoms with E-state index in [2.05, 4.69) is 11.0 Å². The Labute approximate surface area is 90.5 Å². The molecular formula is C12H18N2O. The molecule has 3 heteroatoms. The van der Waals surface area contributed by atoms with Crippen LogP contribution in [0.1, 0.15) is 12.8 Å². The number of nitrogens with zero attached hydrogens (tertiary/aromatic N) is 1. The number of aliphatic hydroxyl groups excluding tert-OH is 1. The molecule has 82 valence electrons. The monoisotopic (exact) mass is 206 g/mol. The average molecular weight is 206 g/mol.